The van der Waals surface area contributed by atoms with Gasteiger partial charge in [-0.05, 0) is 73.9 Å². The molecule has 1 aliphatic rings. The molecule has 0 unspecified atom stereocenters. The molecule has 0 bridgehead atoms. The Balaban J connectivity index is 1.31. The Bertz CT molecular complexity index is 1470. The molecular weight excluding hydrogens is 578 g/mol. The number of sulfonamides is 2. The number of piperidine rings is 1. The number of anilines is 2. The summed E-state index contributed by atoms with van der Waals surface area (Å²) in [5, 5.41) is 2.82. The van der Waals surface area contributed by atoms with Crippen LogP contribution in [-0.4, -0.2) is 40.1 Å². The lowest BCUT2D eigenvalue weighted by Crippen LogP contribution is -2.41. The monoisotopic (exact) mass is 605 g/mol. The molecule has 0 aromatic heterocycles. The van der Waals surface area contributed by atoms with Crippen LogP contribution < -0.4 is 10.0 Å². The molecule has 1 aliphatic heterocycles. The SMILES string of the molecule is Cc1ccc(NS(=O)(=O)c2ccc(NC(=O)C3CCN(S(=O)(=O)Cc4cccc(Br)c4)CC3)cc2)cc1. The smallest absolute Gasteiger partial charge is 0.261 e. The number of aryl methyl sites for hydroxylation is 1. The van der Waals surface area contributed by atoms with Gasteiger partial charge >= 0.3 is 0 Å². The van der Waals surface area contributed by atoms with Gasteiger partial charge in [-0.25, -0.2) is 21.1 Å². The zero-order valence-electron chi connectivity index (χ0n) is 20.2. The molecule has 1 fully saturated rings. The molecule has 3 aromatic carbocycles. The van der Waals surface area contributed by atoms with Crippen LogP contribution in [-0.2, 0) is 30.6 Å². The van der Waals surface area contributed by atoms with Crippen molar-refractivity contribution in [2.24, 2.45) is 5.92 Å². The van der Waals surface area contributed by atoms with Gasteiger partial charge in [-0.1, -0.05) is 45.8 Å². The normalized spacial score (nSPS) is 15.3. The Morgan fingerprint density at radius 3 is 2.16 bits per heavy atom. The van der Waals surface area contributed by atoms with Crippen molar-refractivity contribution in [3.8, 4) is 0 Å². The van der Waals surface area contributed by atoms with Crippen LogP contribution in [0.3, 0.4) is 0 Å². The number of halogens is 1. The molecule has 2 N–H and O–H groups in total. The second-order valence-electron chi connectivity index (χ2n) is 9.04. The van der Waals surface area contributed by atoms with Crippen LogP contribution in [0.15, 0.2) is 82.2 Å². The summed E-state index contributed by atoms with van der Waals surface area (Å²) in [7, 11) is -7.25. The minimum absolute atomic E-state index is 0.0787. The molecule has 8 nitrogen and oxygen atoms in total. The van der Waals surface area contributed by atoms with Crippen molar-refractivity contribution in [1.29, 1.82) is 0 Å². The van der Waals surface area contributed by atoms with Gasteiger partial charge < -0.3 is 5.32 Å². The number of nitrogens with zero attached hydrogens (tertiary/aromatic N) is 1. The maximum absolute atomic E-state index is 12.8. The first-order valence-corrected chi connectivity index (χ1v) is 15.6. The number of amides is 1. The van der Waals surface area contributed by atoms with E-state index in [1.54, 1.807) is 42.5 Å². The van der Waals surface area contributed by atoms with Crippen LogP contribution in [0.25, 0.3) is 0 Å². The van der Waals surface area contributed by atoms with Gasteiger partial charge in [-0.2, -0.15) is 0 Å². The van der Waals surface area contributed by atoms with Gasteiger partial charge in [0.25, 0.3) is 10.0 Å². The maximum Gasteiger partial charge on any atom is 0.261 e. The fraction of sp³-hybridized carbons (Fsp3) is 0.269. The summed E-state index contributed by atoms with van der Waals surface area (Å²) in [5.74, 6) is -0.626. The third-order valence-corrected chi connectivity index (χ3v) is 9.93. The number of carbonyl (C=O) groups is 1. The summed E-state index contributed by atoms with van der Waals surface area (Å²) in [6.07, 6.45) is 0.826. The fourth-order valence-electron chi connectivity index (χ4n) is 4.12. The molecule has 3 aromatic rings. The number of benzene rings is 3. The third-order valence-electron chi connectivity index (χ3n) is 6.19. The zero-order valence-corrected chi connectivity index (χ0v) is 23.4. The van der Waals surface area contributed by atoms with Crippen LogP contribution in [0.1, 0.15) is 24.0 Å². The quantitative estimate of drug-likeness (QED) is 0.385. The van der Waals surface area contributed by atoms with Gasteiger partial charge in [-0.3, -0.25) is 9.52 Å². The summed E-state index contributed by atoms with van der Waals surface area (Å²) in [6.45, 7) is 2.47. The summed E-state index contributed by atoms with van der Waals surface area (Å²) in [5.41, 5.74) is 2.67. The van der Waals surface area contributed by atoms with Gasteiger partial charge in [0, 0.05) is 34.9 Å². The van der Waals surface area contributed by atoms with E-state index in [1.807, 2.05) is 25.1 Å². The van der Waals surface area contributed by atoms with E-state index in [-0.39, 0.29) is 35.6 Å². The molecule has 0 spiro atoms. The molecular formula is C26H28BrN3O5S2. The summed E-state index contributed by atoms with van der Waals surface area (Å²) in [4.78, 5) is 12.9. The molecule has 4 rings (SSSR count). The molecule has 1 saturated heterocycles. The highest BCUT2D eigenvalue weighted by Gasteiger charge is 2.31. The van der Waals surface area contributed by atoms with Crippen molar-refractivity contribution in [1.82, 2.24) is 4.31 Å². The van der Waals surface area contributed by atoms with Gasteiger partial charge in [0.2, 0.25) is 15.9 Å². The highest BCUT2D eigenvalue weighted by molar-refractivity contribution is 9.10. The predicted molar refractivity (Wildman–Crippen MR) is 148 cm³/mol. The fourth-order valence-corrected chi connectivity index (χ4v) is 7.18. The lowest BCUT2D eigenvalue weighted by molar-refractivity contribution is -0.120. The van der Waals surface area contributed by atoms with E-state index < -0.39 is 20.0 Å². The van der Waals surface area contributed by atoms with Crippen molar-refractivity contribution < 1.29 is 21.6 Å². The summed E-state index contributed by atoms with van der Waals surface area (Å²) < 4.78 is 55.8. The number of rotatable bonds is 8. The third kappa shape index (κ3) is 7.19. The van der Waals surface area contributed by atoms with Gasteiger partial charge in [0.15, 0.2) is 0 Å². The first-order chi connectivity index (χ1) is 17.5. The predicted octanol–water partition coefficient (Wildman–Crippen LogP) is 4.74. The highest BCUT2D eigenvalue weighted by atomic mass is 79.9. The molecule has 11 heteroatoms. The summed E-state index contributed by atoms with van der Waals surface area (Å²) in [6, 6.07) is 20.2. The standard InChI is InChI=1S/C26H28BrN3O5S2/c1-19-5-7-24(8-6-19)29-37(34,35)25-11-9-23(10-12-25)28-26(31)21-13-15-30(16-14-21)36(32,33)18-20-3-2-4-22(27)17-20/h2-12,17,21,29H,13-16,18H2,1H3,(H,28,31). The largest absolute Gasteiger partial charge is 0.326 e. The molecule has 196 valence electrons. The van der Waals surface area contributed by atoms with E-state index in [0.717, 1.165) is 10.0 Å². The molecule has 0 atom stereocenters. The first kappa shape index (κ1) is 27.3. The molecule has 0 radical (unpaired) electrons. The maximum atomic E-state index is 12.8. The molecule has 0 saturated carbocycles. The Morgan fingerprint density at radius 1 is 0.919 bits per heavy atom. The average Bonchev–Trinajstić information content (AvgIpc) is 2.85. The second-order valence-corrected chi connectivity index (χ2v) is 13.6. The van der Waals surface area contributed by atoms with Crippen molar-refractivity contribution in [2.45, 2.75) is 30.4 Å². The van der Waals surface area contributed by atoms with Gasteiger partial charge in [0.05, 0.1) is 10.6 Å². The number of carbonyl (C=O) groups excluding carboxylic acids is 1. The minimum Gasteiger partial charge on any atom is -0.326 e. The Kier molecular flexibility index (Phi) is 8.37. The van der Waals surface area contributed by atoms with Crippen molar-refractivity contribution in [3.05, 3.63) is 88.4 Å². The van der Waals surface area contributed by atoms with Gasteiger partial charge in [-0.15, -0.1) is 0 Å². The van der Waals surface area contributed by atoms with E-state index in [0.29, 0.717) is 29.8 Å². The van der Waals surface area contributed by atoms with Crippen molar-refractivity contribution >= 4 is 53.3 Å². The zero-order chi connectivity index (χ0) is 26.6. The Morgan fingerprint density at radius 2 is 1.54 bits per heavy atom. The average molecular weight is 607 g/mol. The minimum atomic E-state index is -3.76. The van der Waals surface area contributed by atoms with E-state index >= 15 is 0 Å². The van der Waals surface area contributed by atoms with Crippen LogP contribution in [0.5, 0.6) is 0 Å². The second kappa shape index (κ2) is 11.3. The lowest BCUT2D eigenvalue weighted by Gasteiger charge is -2.30. The molecule has 1 amide bonds. The number of hydrogen-bond acceptors (Lipinski definition) is 5. The first-order valence-electron chi connectivity index (χ1n) is 11.7. The lowest BCUT2D eigenvalue weighted by atomic mass is 9.97. The van der Waals surface area contributed by atoms with Gasteiger partial charge in [0.1, 0.15) is 0 Å². The van der Waals surface area contributed by atoms with Crippen LogP contribution >= 0.6 is 15.9 Å². The van der Waals surface area contributed by atoms with Crippen LogP contribution in [0.2, 0.25) is 0 Å². The molecule has 0 aliphatic carbocycles. The topological polar surface area (TPSA) is 113 Å². The van der Waals surface area contributed by atoms with E-state index in [2.05, 4.69) is 26.0 Å². The summed E-state index contributed by atoms with van der Waals surface area (Å²) >= 11 is 3.36. The van der Waals surface area contributed by atoms with E-state index in [4.69, 9.17) is 0 Å². The van der Waals surface area contributed by atoms with Crippen molar-refractivity contribution in [3.63, 3.8) is 0 Å². The highest BCUT2D eigenvalue weighted by Crippen LogP contribution is 2.25. The Hall–Kier alpha value is -2.73. The Labute approximate surface area is 226 Å². The molecule has 1 heterocycles. The van der Waals surface area contributed by atoms with E-state index in [9.17, 15) is 21.6 Å². The number of hydrogen-bond donors (Lipinski definition) is 2. The van der Waals surface area contributed by atoms with E-state index in [1.165, 1.54) is 16.4 Å². The van der Waals surface area contributed by atoms with Crippen LogP contribution in [0.4, 0.5) is 11.4 Å². The molecule has 37 heavy (non-hydrogen) atoms. The van der Waals surface area contributed by atoms with Crippen molar-refractivity contribution in [2.75, 3.05) is 23.1 Å². The number of nitrogens with one attached hydrogen (secondary N) is 2. The van der Waals surface area contributed by atoms with Crippen LogP contribution in [0, 0.1) is 12.8 Å².